The molecule has 1 saturated carbocycles. The molecule has 0 saturated heterocycles. The van der Waals surface area contributed by atoms with Gasteiger partial charge in [0.1, 0.15) is 5.82 Å². The van der Waals surface area contributed by atoms with Gasteiger partial charge in [-0.3, -0.25) is 0 Å². The van der Waals surface area contributed by atoms with Gasteiger partial charge in [0.15, 0.2) is 0 Å². The molecule has 0 radical (unpaired) electrons. The number of nitriles is 1. The molecule has 0 bridgehead atoms. The molecule has 1 fully saturated rings. The molecule has 2 nitrogen and oxygen atoms in total. The van der Waals surface area contributed by atoms with E-state index in [1.807, 2.05) is 6.07 Å². The van der Waals surface area contributed by atoms with Gasteiger partial charge >= 0.3 is 0 Å². The van der Waals surface area contributed by atoms with E-state index in [0.29, 0.717) is 18.4 Å². The first kappa shape index (κ1) is 13.0. The van der Waals surface area contributed by atoms with Crippen LogP contribution in [0.2, 0.25) is 0 Å². The number of benzene rings is 1. The third-order valence-corrected chi connectivity index (χ3v) is 3.71. The summed E-state index contributed by atoms with van der Waals surface area (Å²) in [4.78, 5) is 0. The van der Waals surface area contributed by atoms with Crippen LogP contribution >= 0.6 is 0 Å². The first-order chi connectivity index (χ1) is 8.78. The fraction of sp³-hybridized carbons (Fsp3) is 0.533. The number of hydrogen-bond donors (Lipinski definition) is 1. The molecule has 0 aromatic heterocycles. The summed E-state index contributed by atoms with van der Waals surface area (Å²) in [6.45, 7) is 0.728. The Morgan fingerprint density at radius 3 is 2.72 bits per heavy atom. The van der Waals surface area contributed by atoms with E-state index in [0.717, 1.165) is 37.8 Å². The molecule has 0 aliphatic heterocycles. The largest absolute Gasteiger partial charge is 0.310 e. The lowest BCUT2D eigenvalue weighted by Crippen LogP contribution is -2.32. The first-order valence-electron chi connectivity index (χ1n) is 6.62. The van der Waals surface area contributed by atoms with Crippen molar-refractivity contribution in [2.45, 2.75) is 44.7 Å². The Balaban J connectivity index is 1.74. The van der Waals surface area contributed by atoms with Crippen LogP contribution in [0.4, 0.5) is 4.39 Å². The Kier molecular flexibility index (Phi) is 4.72. The van der Waals surface area contributed by atoms with Crippen molar-refractivity contribution < 1.29 is 4.39 Å². The average molecular weight is 246 g/mol. The molecular formula is C15H19FN2. The van der Waals surface area contributed by atoms with Gasteiger partial charge in [0.05, 0.1) is 6.07 Å². The molecule has 0 heterocycles. The number of rotatable bonds is 4. The van der Waals surface area contributed by atoms with Gasteiger partial charge < -0.3 is 5.32 Å². The Bertz CT molecular complexity index is 417. The van der Waals surface area contributed by atoms with Gasteiger partial charge in [-0.1, -0.05) is 12.1 Å². The second kappa shape index (κ2) is 6.51. The average Bonchev–Trinajstić information content (AvgIpc) is 2.38. The molecule has 1 aromatic rings. The minimum Gasteiger partial charge on any atom is -0.310 e. The predicted molar refractivity (Wildman–Crippen MR) is 69.2 cm³/mol. The van der Waals surface area contributed by atoms with E-state index >= 15 is 0 Å². The monoisotopic (exact) mass is 246 g/mol. The van der Waals surface area contributed by atoms with E-state index in [-0.39, 0.29) is 5.82 Å². The van der Waals surface area contributed by atoms with Gasteiger partial charge in [-0.2, -0.15) is 5.26 Å². The smallest absolute Gasteiger partial charge is 0.123 e. The Hall–Kier alpha value is -1.40. The highest BCUT2D eigenvalue weighted by atomic mass is 19.1. The first-order valence-corrected chi connectivity index (χ1v) is 6.62. The fourth-order valence-corrected chi connectivity index (χ4v) is 2.61. The topological polar surface area (TPSA) is 35.8 Å². The van der Waals surface area contributed by atoms with Gasteiger partial charge in [-0.25, -0.2) is 4.39 Å². The molecule has 1 aromatic carbocycles. The highest BCUT2D eigenvalue weighted by Gasteiger charge is 2.20. The van der Waals surface area contributed by atoms with Crippen molar-refractivity contribution in [1.82, 2.24) is 5.32 Å². The summed E-state index contributed by atoms with van der Waals surface area (Å²) in [5, 5.41) is 12.1. The third-order valence-electron chi connectivity index (χ3n) is 3.71. The molecule has 0 atom stereocenters. The minimum atomic E-state index is -0.174. The molecule has 2 rings (SSSR count). The van der Waals surface area contributed by atoms with Crippen molar-refractivity contribution in [3.8, 4) is 6.07 Å². The van der Waals surface area contributed by atoms with Gasteiger partial charge in [-0.15, -0.1) is 0 Å². The molecule has 0 unspecified atom stereocenters. The highest BCUT2D eigenvalue weighted by Crippen LogP contribution is 2.26. The van der Waals surface area contributed by atoms with Gasteiger partial charge in [0.2, 0.25) is 0 Å². The maximum absolute atomic E-state index is 13.0. The summed E-state index contributed by atoms with van der Waals surface area (Å²) in [6.07, 6.45) is 5.21. The van der Waals surface area contributed by atoms with Crippen LogP contribution in [0.15, 0.2) is 24.3 Å². The number of hydrogen-bond acceptors (Lipinski definition) is 2. The summed E-state index contributed by atoms with van der Waals surface area (Å²) in [5.74, 6) is 0.411. The second-order valence-electron chi connectivity index (χ2n) is 5.09. The Labute approximate surface area is 108 Å². The maximum atomic E-state index is 13.0. The van der Waals surface area contributed by atoms with Crippen LogP contribution in [0.3, 0.4) is 0 Å². The van der Waals surface area contributed by atoms with Gasteiger partial charge in [-0.05, 0) is 49.3 Å². The zero-order chi connectivity index (χ0) is 12.8. The van der Waals surface area contributed by atoms with E-state index in [1.54, 1.807) is 12.1 Å². The molecule has 0 spiro atoms. The van der Waals surface area contributed by atoms with Crippen molar-refractivity contribution in [2.75, 3.05) is 0 Å². The van der Waals surface area contributed by atoms with Crippen LogP contribution in [-0.4, -0.2) is 6.04 Å². The summed E-state index contributed by atoms with van der Waals surface area (Å²) >= 11 is 0. The lowest BCUT2D eigenvalue weighted by Gasteiger charge is -2.28. The van der Waals surface area contributed by atoms with Gasteiger partial charge in [0.25, 0.3) is 0 Å². The van der Waals surface area contributed by atoms with Crippen LogP contribution in [-0.2, 0) is 6.54 Å². The number of nitrogens with one attached hydrogen (secondary N) is 1. The summed E-state index contributed by atoms with van der Waals surface area (Å²) in [7, 11) is 0. The minimum absolute atomic E-state index is 0.174. The summed E-state index contributed by atoms with van der Waals surface area (Å²) < 4.78 is 13.0. The zero-order valence-electron chi connectivity index (χ0n) is 10.5. The van der Waals surface area contributed by atoms with Crippen molar-refractivity contribution in [1.29, 1.82) is 5.26 Å². The van der Waals surface area contributed by atoms with Crippen LogP contribution in [0.25, 0.3) is 0 Å². The molecular weight excluding hydrogens is 227 g/mol. The molecule has 3 heteroatoms. The Morgan fingerprint density at radius 2 is 2.06 bits per heavy atom. The molecule has 0 amide bonds. The fourth-order valence-electron chi connectivity index (χ4n) is 2.61. The van der Waals surface area contributed by atoms with Crippen LogP contribution in [0, 0.1) is 23.1 Å². The van der Waals surface area contributed by atoms with Crippen molar-refractivity contribution in [3.05, 3.63) is 35.6 Å². The molecule has 1 aliphatic rings. The molecule has 96 valence electrons. The number of halogens is 1. The predicted octanol–water partition coefficient (Wildman–Crippen LogP) is 3.39. The summed E-state index contributed by atoms with van der Waals surface area (Å²) in [5.41, 5.74) is 0.995. The Morgan fingerprint density at radius 1 is 1.28 bits per heavy atom. The van der Waals surface area contributed by atoms with Crippen molar-refractivity contribution in [3.63, 3.8) is 0 Å². The van der Waals surface area contributed by atoms with Crippen LogP contribution in [0.5, 0.6) is 0 Å². The number of nitrogens with zero attached hydrogens (tertiary/aromatic N) is 1. The van der Waals surface area contributed by atoms with Gasteiger partial charge in [0, 0.05) is 19.0 Å². The molecule has 1 aliphatic carbocycles. The SMILES string of the molecule is N#CCC1CCC(NCc2cccc(F)c2)CC1. The van der Waals surface area contributed by atoms with E-state index in [1.165, 1.54) is 6.07 Å². The van der Waals surface area contributed by atoms with Crippen LogP contribution < -0.4 is 5.32 Å². The van der Waals surface area contributed by atoms with Crippen molar-refractivity contribution in [2.24, 2.45) is 5.92 Å². The van der Waals surface area contributed by atoms with Crippen LogP contribution in [0.1, 0.15) is 37.7 Å². The zero-order valence-corrected chi connectivity index (χ0v) is 10.5. The highest BCUT2D eigenvalue weighted by molar-refractivity contribution is 5.16. The quantitative estimate of drug-likeness (QED) is 0.884. The summed E-state index contributed by atoms with van der Waals surface area (Å²) in [6, 6.07) is 9.51. The normalized spacial score (nSPS) is 23.6. The molecule has 18 heavy (non-hydrogen) atoms. The third kappa shape index (κ3) is 3.82. The molecule has 1 N–H and O–H groups in total. The maximum Gasteiger partial charge on any atom is 0.123 e. The standard InChI is InChI=1S/C15H19FN2/c16-14-3-1-2-13(10-14)11-18-15-6-4-12(5-7-15)8-9-17/h1-3,10,12,15,18H,4-8,11H2. The second-order valence-corrected chi connectivity index (χ2v) is 5.09. The van der Waals surface area contributed by atoms with E-state index in [4.69, 9.17) is 5.26 Å². The lowest BCUT2D eigenvalue weighted by molar-refractivity contribution is 0.294. The van der Waals surface area contributed by atoms with Crippen molar-refractivity contribution >= 4 is 0 Å². The van der Waals surface area contributed by atoms with E-state index < -0.39 is 0 Å². The van der Waals surface area contributed by atoms with E-state index in [9.17, 15) is 4.39 Å². The lowest BCUT2D eigenvalue weighted by atomic mass is 9.84. The van der Waals surface area contributed by atoms with E-state index in [2.05, 4.69) is 11.4 Å².